The average molecular weight is 321 g/mol. The fourth-order valence-corrected chi connectivity index (χ4v) is 3.06. The summed E-state index contributed by atoms with van der Waals surface area (Å²) in [7, 11) is 0. The molecule has 0 aliphatic carbocycles. The third kappa shape index (κ3) is 12.1. The van der Waals surface area contributed by atoms with Crippen LogP contribution < -0.4 is 0 Å². The van der Waals surface area contributed by atoms with Crippen LogP contribution in [0.15, 0.2) is 24.3 Å². The molecular formula is C22H40O. The van der Waals surface area contributed by atoms with Crippen molar-refractivity contribution in [3.63, 3.8) is 0 Å². The summed E-state index contributed by atoms with van der Waals surface area (Å²) in [6.45, 7) is 2.28. The van der Waals surface area contributed by atoms with Gasteiger partial charge in [-0.15, -0.1) is 0 Å². The zero-order valence-electron chi connectivity index (χ0n) is 14.7. The van der Waals surface area contributed by atoms with E-state index in [1.165, 1.54) is 83.5 Å². The van der Waals surface area contributed by atoms with Crippen molar-refractivity contribution < 1.29 is 5.11 Å². The monoisotopic (exact) mass is 320 g/mol. The van der Waals surface area contributed by atoms with Crippen LogP contribution in [0.4, 0.5) is 0 Å². The van der Waals surface area contributed by atoms with Crippen molar-refractivity contribution in [2.45, 2.75) is 104 Å². The average Bonchev–Trinajstić information content (AvgIpc) is 2.53. The van der Waals surface area contributed by atoms with Crippen LogP contribution in [0, 0.1) is 0 Å². The molecule has 0 amide bonds. The molecule has 0 fully saturated rings. The summed E-state index contributed by atoms with van der Waals surface area (Å²) in [5, 5.41) is 9.70. The lowest BCUT2D eigenvalue weighted by Gasteiger charge is -2.05. The molecule has 0 radical (unpaired) electrons. The summed E-state index contributed by atoms with van der Waals surface area (Å²) in [6, 6.07) is 7.73. The number of aromatic hydroxyl groups is 1. The Bertz CT molecular complexity index is 359. The Morgan fingerprint density at radius 1 is 0.652 bits per heavy atom. The molecule has 0 aliphatic heterocycles. The van der Waals surface area contributed by atoms with Gasteiger partial charge in [-0.2, -0.15) is 0 Å². The largest absolute Gasteiger partial charge is 0.508 e. The van der Waals surface area contributed by atoms with Crippen molar-refractivity contribution in [1.82, 2.24) is 0 Å². The molecule has 23 heavy (non-hydrogen) atoms. The molecular weight excluding hydrogens is 280 g/mol. The molecule has 0 atom stereocenters. The van der Waals surface area contributed by atoms with E-state index in [0.717, 1.165) is 12.0 Å². The predicted octanol–water partition coefficient (Wildman–Crippen LogP) is 7.66. The number of aryl methyl sites for hydroxylation is 1. The molecule has 0 spiro atoms. The molecule has 1 rings (SSSR count). The minimum absolute atomic E-state index is 0. The number of unbranched alkanes of at least 4 members (excludes halogenated alkanes) is 12. The second-order valence-corrected chi connectivity index (χ2v) is 6.62. The number of phenolic OH excluding ortho intramolecular Hbond substituents is 1. The highest BCUT2D eigenvalue weighted by Gasteiger charge is 1.99. The molecule has 1 aromatic carbocycles. The standard InChI is InChI=1S/C21H36O.CH4/c1-2-3-4-5-6-7-8-9-10-11-12-13-14-17-20-18-15-16-19-21(20)22;/h15-16,18-19,22H,2-14,17H2,1H3;1H4. The molecule has 1 heteroatoms. The molecule has 0 bridgehead atoms. The topological polar surface area (TPSA) is 20.2 Å². The van der Waals surface area contributed by atoms with Gasteiger partial charge in [-0.05, 0) is 24.5 Å². The first-order chi connectivity index (χ1) is 10.8. The van der Waals surface area contributed by atoms with E-state index in [1.807, 2.05) is 18.2 Å². The lowest BCUT2D eigenvalue weighted by Crippen LogP contribution is -1.87. The van der Waals surface area contributed by atoms with Crippen LogP contribution >= 0.6 is 0 Å². The number of benzene rings is 1. The Morgan fingerprint density at radius 2 is 1.09 bits per heavy atom. The fourth-order valence-electron chi connectivity index (χ4n) is 3.06. The Kier molecular flexibility index (Phi) is 15.2. The van der Waals surface area contributed by atoms with E-state index in [-0.39, 0.29) is 7.43 Å². The maximum atomic E-state index is 9.70. The van der Waals surface area contributed by atoms with Crippen LogP contribution in [-0.2, 0) is 6.42 Å². The van der Waals surface area contributed by atoms with E-state index in [0.29, 0.717) is 5.75 Å². The number of phenols is 1. The highest BCUT2D eigenvalue weighted by molar-refractivity contribution is 5.31. The number of para-hydroxylation sites is 1. The van der Waals surface area contributed by atoms with Crippen LogP contribution in [-0.4, -0.2) is 5.11 Å². The van der Waals surface area contributed by atoms with Crippen molar-refractivity contribution in [3.8, 4) is 5.75 Å². The molecule has 134 valence electrons. The van der Waals surface area contributed by atoms with E-state index in [9.17, 15) is 5.11 Å². The summed E-state index contributed by atoms with van der Waals surface area (Å²) >= 11 is 0. The third-order valence-electron chi connectivity index (χ3n) is 4.54. The van der Waals surface area contributed by atoms with Crippen molar-refractivity contribution in [1.29, 1.82) is 0 Å². The van der Waals surface area contributed by atoms with Gasteiger partial charge in [0.15, 0.2) is 0 Å². The van der Waals surface area contributed by atoms with Crippen LogP contribution in [0.5, 0.6) is 5.75 Å². The van der Waals surface area contributed by atoms with Crippen LogP contribution in [0.25, 0.3) is 0 Å². The second kappa shape index (κ2) is 15.9. The summed E-state index contributed by atoms with van der Waals surface area (Å²) < 4.78 is 0. The maximum absolute atomic E-state index is 9.70. The van der Waals surface area contributed by atoms with Crippen molar-refractivity contribution in [2.75, 3.05) is 0 Å². The van der Waals surface area contributed by atoms with Crippen LogP contribution in [0.3, 0.4) is 0 Å². The molecule has 0 saturated heterocycles. The SMILES string of the molecule is C.CCCCCCCCCCCCCCCc1ccccc1O. The molecule has 1 aromatic rings. The van der Waals surface area contributed by atoms with E-state index < -0.39 is 0 Å². The lowest BCUT2D eigenvalue weighted by molar-refractivity contribution is 0.466. The normalized spacial score (nSPS) is 10.5. The highest BCUT2D eigenvalue weighted by atomic mass is 16.3. The van der Waals surface area contributed by atoms with Gasteiger partial charge in [0, 0.05) is 0 Å². The van der Waals surface area contributed by atoms with Gasteiger partial charge in [0.2, 0.25) is 0 Å². The first kappa shape index (κ1) is 22.0. The number of hydrogen-bond donors (Lipinski definition) is 1. The first-order valence-electron chi connectivity index (χ1n) is 9.61. The molecule has 1 nitrogen and oxygen atoms in total. The molecule has 1 N–H and O–H groups in total. The number of rotatable bonds is 14. The van der Waals surface area contributed by atoms with Gasteiger partial charge < -0.3 is 5.11 Å². The van der Waals surface area contributed by atoms with Gasteiger partial charge in [-0.1, -0.05) is 110 Å². The molecule has 0 saturated carbocycles. The predicted molar refractivity (Wildman–Crippen MR) is 104 cm³/mol. The minimum atomic E-state index is 0. The molecule has 0 aliphatic rings. The molecule has 0 heterocycles. The van der Waals surface area contributed by atoms with E-state index in [4.69, 9.17) is 0 Å². The Labute approximate surface area is 145 Å². The zero-order chi connectivity index (χ0) is 15.9. The Hall–Kier alpha value is -0.980. The van der Waals surface area contributed by atoms with Gasteiger partial charge >= 0.3 is 0 Å². The van der Waals surface area contributed by atoms with Crippen LogP contribution in [0.2, 0.25) is 0 Å². The molecule has 0 unspecified atom stereocenters. The van der Waals surface area contributed by atoms with Crippen molar-refractivity contribution >= 4 is 0 Å². The second-order valence-electron chi connectivity index (χ2n) is 6.62. The van der Waals surface area contributed by atoms with Crippen molar-refractivity contribution in [3.05, 3.63) is 29.8 Å². The summed E-state index contributed by atoms with van der Waals surface area (Å²) in [6.07, 6.45) is 19.1. The maximum Gasteiger partial charge on any atom is 0.118 e. The number of hydrogen-bond acceptors (Lipinski definition) is 1. The third-order valence-corrected chi connectivity index (χ3v) is 4.54. The highest BCUT2D eigenvalue weighted by Crippen LogP contribution is 2.19. The van der Waals surface area contributed by atoms with Crippen molar-refractivity contribution in [2.24, 2.45) is 0 Å². The van der Waals surface area contributed by atoms with E-state index >= 15 is 0 Å². The Morgan fingerprint density at radius 3 is 1.57 bits per heavy atom. The van der Waals surface area contributed by atoms with E-state index in [1.54, 1.807) is 6.07 Å². The summed E-state index contributed by atoms with van der Waals surface area (Å²) in [5.41, 5.74) is 1.10. The van der Waals surface area contributed by atoms with Gasteiger partial charge in [-0.3, -0.25) is 0 Å². The van der Waals surface area contributed by atoms with E-state index in [2.05, 4.69) is 6.92 Å². The fraction of sp³-hybridized carbons (Fsp3) is 0.727. The lowest BCUT2D eigenvalue weighted by atomic mass is 10.0. The summed E-state index contributed by atoms with van der Waals surface area (Å²) in [5.74, 6) is 0.460. The summed E-state index contributed by atoms with van der Waals surface area (Å²) in [4.78, 5) is 0. The van der Waals surface area contributed by atoms with Crippen LogP contribution in [0.1, 0.15) is 103 Å². The Balaban J connectivity index is 0.00000484. The van der Waals surface area contributed by atoms with Gasteiger partial charge in [0.05, 0.1) is 0 Å². The zero-order valence-corrected chi connectivity index (χ0v) is 14.7. The quantitative estimate of drug-likeness (QED) is 0.349. The van der Waals surface area contributed by atoms with Gasteiger partial charge in [0.25, 0.3) is 0 Å². The first-order valence-corrected chi connectivity index (χ1v) is 9.61. The minimum Gasteiger partial charge on any atom is -0.508 e. The smallest absolute Gasteiger partial charge is 0.118 e. The van der Waals surface area contributed by atoms with Gasteiger partial charge in [-0.25, -0.2) is 0 Å². The van der Waals surface area contributed by atoms with Gasteiger partial charge in [0.1, 0.15) is 5.75 Å². The molecule has 0 aromatic heterocycles.